The monoisotopic (exact) mass is 345 g/mol. The minimum atomic E-state index is -0.839. The average Bonchev–Trinajstić information content (AvgIpc) is 3.23. The Morgan fingerprint density at radius 2 is 2.08 bits per heavy atom. The fraction of sp³-hybridized carbons (Fsp3) is 0.737. The molecule has 2 saturated heterocycles. The third kappa shape index (κ3) is 2.45. The lowest BCUT2D eigenvalue weighted by molar-refractivity contribution is -0.139. The molecule has 1 N–H and O–H groups in total. The van der Waals surface area contributed by atoms with Gasteiger partial charge in [-0.15, -0.1) is 0 Å². The van der Waals surface area contributed by atoms with Crippen molar-refractivity contribution in [3.05, 3.63) is 12.2 Å². The van der Waals surface area contributed by atoms with Crippen LogP contribution < -0.4 is 5.32 Å². The number of likely N-dealkylation sites (N-methyl/N-ethyl adjacent to an activating group) is 1. The van der Waals surface area contributed by atoms with Gasteiger partial charge in [0.05, 0.1) is 12.6 Å². The molecule has 3 unspecified atom stereocenters. The number of hydrogen-bond donors (Lipinski definition) is 1. The Bertz CT molecular complexity index is 640. The van der Waals surface area contributed by atoms with E-state index in [1.807, 2.05) is 6.92 Å². The molecule has 6 nitrogen and oxygen atoms in total. The quantitative estimate of drug-likeness (QED) is 0.620. The first-order valence-corrected chi connectivity index (χ1v) is 9.47. The molecule has 25 heavy (non-hydrogen) atoms. The molecule has 1 saturated carbocycles. The maximum absolute atomic E-state index is 13.2. The standard InChI is InChI=1S/C19H27N3O3/c1-19(14-10-12-5-7-13(14)8-6-12)17(24)22(18(25)21(19)2)11-16(23)15-4-3-9-20-15/h5,7,12-15,20H,3-4,6,8-11H2,1-2H3/t12-,13+,14?,15?,19?/m1/s1. The highest BCUT2D eigenvalue weighted by molar-refractivity contribution is 6.09. The van der Waals surface area contributed by atoms with E-state index in [0.29, 0.717) is 11.8 Å². The van der Waals surface area contributed by atoms with Gasteiger partial charge in [-0.3, -0.25) is 14.5 Å². The largest absolute Gasteiger partial charge is 0.327 e. The summed E-state index contributed by atoms with van der Waals surface area (Å²) in [6.07, 6.45) is 9.47. The summed E-state index contributed by atoms with van der Waals surface area (Å²) in [5.74, 6) is 0.754. The Morgan fingerprint density at radius 1 is 1.28 bits per heavy atom. The lowest BCUT2D eigenvalue weighted by Crippen LogP contribution is -2.55. The minimum absolute atomic E-state index is 0.0538. The number of nitrogens with zero attached hydrogens (tertiary/aromatic N) is 2. The second-order valence-electron chi connectivity index (χ2n) is 8.22. The molecular formula is C19H27N3O3. The third-order valence-electron chi connectivity index (χ3n) is 6.95. The van der Waals surface area contributed by atoms with Crippen molar-refractivity contribution >= 4 is 17.7 Å². The van der Waals surface area contributed by atoms with Gasteiger partial charge in [0.1, 0.15) is 5.54 Å². The van der Waals surface area contributed by atoms with E-state index < -0.39 is 5.54 Å². The van der Waals surface area contributed by atoms with Gasteiger partial charge in [-0.25, -0.2) is 4.79 Å². The van der Waals surface area contributed by atoms with Gasteiger partial charge in [-0.2, -0.15) is 0 Å². The minimum Gasteiger partial charge on any atom is -0.313 e. The van der Waals surface area contributed by atoms with Crippen molar-refractivity contribution < 1.29 is 14.4 Å². The summed E-state index contributed by atoms with van der Waals surface area (Å²) >= 11 is 0. The van der Waals surface area contributed by atoms with Crippen molar-refractivity contribution in [3.63, 3.8) is 0 Å². The Morgan fingerprint density at radius 3 is 2.64 bits per heavy atom. The van der Waals surface area contributed by atoms with E-state index in [1.54, 1.807) is 11.9 Å². The van der Waals surface area contributed by atoms with Gasteiger partial charge >= 0.3 is 6.03 Å². The van der Waals surface area contributed by atoms with Crippen LogP contribution in [0.2, 0.25) is 0 Å². The highest BCUT2D eigenvalue weighted by Gasteiger charge is 2.59. The van der Waals surface area contributed by atoms with Crippen molar-refractivity contribution in [1.82, 2.24) is 15.1 Å². The zero-order valence-electron chi connectivity index (χ0n) is 15.0. The number of amides is 3. The molecule has 5 aliphatic rings. The van der Waals surface area contributed by atoms with Crippen LogP contribution in [0.5, 0.6) is 0 Å². The van der Waals surface area contributed by atoms with E-state index in [-0.39, 0.29) is 36.2 Å². The molecule has 3 fully saturated rings. The predicted molar refractivity (Wildman–Crippen MR) is 92.8 cm³/mol. The summed E-state index contributed by atoms with van der Waals surface area (Å²) in [4.78, 5) is 41.3. The van der Waals surface area contributed by atoms with Crippen LogP contribution in [-0.2, 0) is 9.59 Å². The molecule has 5 rings (SSSR count). The number of ketones is 1. The van der Waals surface area contributed by atoms with Gasteiger partial charge in [0, 0.05) is 7.05 Å². The first-order valence-electron chi connectivity index (χ1n) is 9.47. The summed E-state index contributed by atoms with van der Waals surface area (Å²) < 4.78 is 0. The second kappa shape index (κ2) is 5.94. The zero-order valence-corrected chi connectivity index (χ0v) is 15.0. The molecule has 5 atom stereocenters. The van der Waals surface area contributed by atoms with Crippen molar-refractivity contribution in [3.8, 4) is 0 Å². The molecule has 0 aromatic carbocycles. The summed E-state index contributed by atoms with van der Waals surface area (Å²) in [5, 5.41) is 3.16. The smallest absolute Gasteiger partial charge is 0.313 e. The highest BCUT2D eigenvalue weighted by Crippen LogP contribution is 2.49. The number of allylic oxidation sites excluding steroid dienone is 2. The van der Waals surface area contributed by atoms with E-state index in [2.05, 4.69) is 17.5 Å². The van der Waals surface area contributed by atoms with Crippen molar-refractivity contribution in [1.29, 1.82) is 0 Å². The van der Waals surface area contributed by atoms with E-state index in [9.17, 15) is 14.4 Å². The predicted octanol–water partition coefficient (Wildman–Crippen LogP) is 1.56. The summed E-state index contributed by atoms with van der Waals surface area (Å²) in [6, 6.07) is -0.546. The fourth-order valence-electron chi connectivity index (χ4n) is 5.23. The number of fused-ring (bicyclic) bond motifs is 2. The number of hydrogen-bond acceptors (Lipinski definition) is 4. The molecule has 6 heteroatoms. The lowest BCUT2D eigenvalue weighted by atomic mass is 9.62. The number of carbonyl (C=O) groups is 3. The lowest BCUT2D eigenvalue weighted by Gasteiger charge is -2.47. The summed E-state index contributed by atoms with van der Waals surface area (Å²) in [7, 11) is 1.71. The van der Waals surface area contributed by atoms with E-state index in [4.69, 9.17) is 0 Å². The SMILES string of the molecule is CN1C(=O)N(CC(=O)C2CCCN2)C(=O)C1(C)C1C[C@@H]2C=C[C@H]1CC2. The molecule has 0 aromatic rings. The van der Waals surface area contributed by atoms with Gasteiger partial charge in [0.15, 0.2) is 5.78 Å². The van der Waals surface area contributed by atoms with E-state index >= 15 is 0 Å². The first-order chi connectivity index (χ1) is 11.9. The maximum atomic E-state index is 13.2. The Hall–Kier alpha value is -1.69. The fourth-order valence-corrected chi connectivity index (χ4v) is 5.23. The van der Waals surface area contributed by atoms with E-state index in [0.717, 1.165) is 32.2 Å². The highest BCUT2D eigenvalue weighted by atomic mass is 16.2. The summed E-state index contributed by atoms with van der Waals surface area (Å²) in [6.45, 7) is 2.62. The van der Waals surface area contributed by atoms with Crippen LogP contribution in [-0.4, -0.2) is 59.2 Å². The number of carbonyl (C=O) groups excluding carboxylic acids is 3. The van der Waals surface area contributed by atoms with Crippen LogP contribution in [0.1, 0.15) is 39.0 Å². The van der Waals surface area contributed by atoms with Crippen LogP contribution >= 0.6 is 0 Å². The number of urea groups is 1. The molecule has 0 radical (unpaired) electrons. The second-order valence-corrected chi connectivity index (χ2v) is 8.22. The Kier molecular flexibility index (Phi) is 3.98. The van der Waals surface area contributed by atoms with Gasteiger partial charge in [0.2, 0.25) is 0 Å². The van der Waals surface area contributed by atoms with Crippen LogP contribution in [0.4, 0.5) is 4.79 Å². The molecule has 0 aromatic heterocycles. The van der Waals surface area contributed by atoms with Crippen LogP contribution in [0, 0.1) is 17.8 Å². The first kappa shape index (κ1) is 16.8. The van der Waals surface area contributed by atoms with Crippen LogP contribution in [0.25, 0.3) is 0 Å². The number of imide groups is 1. The molecule has 136 valence electrons. The molecule has 3 amide bonds. The molecule has 3 aliphatic carbocycles. The molecule has 2 aliphatic heterocycles. The normalized spacial score (nSPS) is 40.4. The van der Waals surface area contributed by atoms with Gasteiger partial charge in [0.25, 0.3) is 5.91 Å². The van der Waals surface area contributed by atoms with Crippen molar-refractivity contribution in [2.75, 3.05) is 20.1 Å². The maximum Gasteiger partial charge on any atom is 0.327 e. The zero-order chi connectivity index (χ0) is 17.8. The number of rotatable bonds is 4. The van der Waals surface area contributed by atoms with Gasteiger partial charge < -0.3 is 10.2 Å². The van der Waals surface area contributed by atoms with Crippen LogP contribution in [0.3, 0.4) is 0 Å². The molecular weight excluding hydrogens is 318 g/mol. The third-order valence-corrected chi connectivity index (χ3v) is 6.95. The molecule has 0 spiro atoms. The van der Waals surface area contributed by atoms with Gasteiger partial charge in [-0.05, 0) is 63.3 Å². The van der Waals surface area contributed by atoms with Crippen LogP contribution in [0.15, 0.2) is 12.2 Å². The summed E-state index contributed by atoms with van der Waals surface area (Å²) in [5.41, 5.74) is -0.839. The number of Topliss-reactive ketones (excluding diaryl/α,β-unsaturated/α-hetero) is 1. The van der Waals surface area contributed by atoms with Gasteiger partial charge in [-0.1, -0.05) is 12.2 Å². The average molecular weight is 345 g/mol. The number of nitrogens with one attached hydrogen (secondary N) is 1. The Balaban J connectivity index is 1.56. The Labute approximate surface area is 148 Å². The van der Waals surface area contributed by atoms with E-state index in [1.165, 1.54) is 11.3 Å². The van der Waals surface area contributed by atoms with Crippen molar-refractivity contribution in [2.45, 2.75) is 50.6 Å². The van der Waals surface area contributed by atoms with Crippen molar-refractivity contribution in [2.24, 2.45) is 17.8 Å². The molecule has 2 bridgehead atoms. The topological polar surface area (TPSA) is 69.7 Å². The molecule has 2 heterocycles.